The second kappa shape index (κ2) is 5.44. The van der Waals surface area contributed by atoms with Crippen LogP contribution in [0.15, 0.2) is 0 Å². The fraction of sp³-hybridized carbons (Fsp3) is 0.900. The van der Waals surface area contributed by atoms with Gasteiger partial charge in [-0.05, 0) is 6.42 Å². The largest absolute Gasteiger partial charge is 0.469 e. The molecular formula is C10H18O5. The first-order valence-corrected chi connectivity index (χ1v) is 5.15. The van der Waals surface area contributed by atoms with Crippen molar-refractivity contribution in [1.29, 1.82) is 0 Å². The molecule has 2 atom stereocenters. The van der Waals surface area contributed by atoms with Gasteiger partial charge in [0, 0.05) is 6.42 Å². The molecule has 15 heavy (non-hydrogen) atoms. The molecule has 0 aromatic rings. The molecule has 1 fully saturated rings. The van der Waals surface area contributed by atoms with Gasteiger partial charge in [-0.25, -0.2) is 0 Å². The summed E-state index contributed by atoms with van der Waals surface area (Å²) in [5, 5.41) is 8.92. The van der Waals surface area contributed by atoms with E-state index in [1.54, 1.807) is 0 Å². The third-order valence-electron chi connectivity index (χ3n) is 2.59. The molecule has 1 saturated heterocycles. The Hall–Kier alpha value is -0.650. The predicted molar refractivity (Wildman–Crippen MR) is 52.2 cm³/mol. The summed E-state index contributed by atoms with van der Waals surface area (Å²) in [6.07, 6.45) is 1.11. The van der Waals surface area contributed by atoms with Gasteiger partial charge in [0.1, 0.15) is 6.10 Å². The smallest absolute Gasteiger partial charge is 0.305 e. The molecule has 1 N–H and O–H groups in total. The lowest BCUT2D eigenvalue weighted by atomic mass is 10.1. The average molecular weight is 218 g/mol. The Morgan fingerprint density at radius 3 is 2.87 bits per heavy atom. The van der Waals surface area contributed by atoms with Crippen LogP contribution in [0, 0.1) is 0 Å². The lowest BCUT2D eigenvalue weighted by Crippen LogP contribution is -2.31. The fourth-order valence-electron chi connectivity index (χ4n) is 1.59. The van der Waals surface area contributed by atoms with E-state index in [1.165, 1.54) is 7.11 Å². The fourth-order valence-corrected chi connectivity index (χ4v) is 1.59. The van der Waals surface area contributed by atoms with Crippen LogP contribution in [-0.4, -0.2) is 43.3 Å². The Kier molecular flexibility index (Phi) is 4.50. The van der Waals surface area contributed by atoms with E-state index in [0.717, 1.165) is 0 Å². The van der Waals surface area contributed by atoms with E-state index in [2.05, 4.69) is 4.74 Å². The van der Waals surface area contributed by atoms with Gasteiger partial charge in [-0.2, -0.15) is 0 Å². The maximum Gasteiger partial charge on any atom is 0.305 e. The van der Waals surface area contributed by atoms with Crippen LogP contribution in [0.25, 0.3) is 0 Å². The Balaban J connectivity index is 2.44. The lowest BCUT2D eigenvalue weighted by molar-refractivity contribution is -0.182. The molecule has 2 unspecified atom stereocenters. The Morgan fingerprint density at radius 2 is 2.40 bits per heavy atom. The van der Waals surface area contributed by atoms with Crippen LogP contribution in [0.5, 0.6) is 0 Å². The minimum atomic E-state index is -0.721. The molecule has 1 aliphatic rings. The van der Waals surface area contributed by atoms with E-state index in [-0.39, 0.29) is 25.1 Å². The number of aliphatic hydroxyl groups excluding tert-OH is 1. The maximum atomic E-state index is 11.0. The van der Waals surface area contributed by atoms with Crippen LogP contribution in [0.4, 0.5) is 0 Å². The number of carbonyl (C=O) groups excluding carboxylic acids is 1. The van der Waals surface area contributed by atoms with Crippen molar-refractivity contribution in [2.45, 2.75) is 38.1 Å². The molecule has 0 radical (unpaired) electrons. The van der Waals surface area contributed by atoms with Crippen LogP contribution < -0.4 is 0 Å². The molecule has 0 spiro atoms. The highest BCUT2D eigenvalue weighted by molar-refractivity contribution is 5.69. The molecule has 0 aromatic heterocycles. The highest BCUT2D eigenvalue weighted by atomic mass is 16.7. The van der Waals surface area contributed by atoms with Crippen molar-refractivity contribution in [2.75, 3.05) is 20.3 Å². The number of carbonyl (C=O) groups is 1. The van der Waals surface area contributed by atoms with Crippen LogP contribution in [-0.2, 0) is 19.0 Å². The number of ether oxygens (including phenoxy) is 3. The van der Waals surface area contributed by atoms with E-state index in [1.807, 2.05) is 6.92 Å². The van der Waals surface area contributed by atoms with Crippen molar-refractivity contribution in [3.63, 3.8) is 0 Å². The summed E-state index contributed by atoms with van der Waals surface area (Å²) >= 11 is 0. The first kappa shape index (κ1) is 12.4. The van der Waals surface area contributed by atoms with Gasteiger partial charge in [-0.15, -0.1) is 0 Å². The summed E-state index contributed by atoms with van der Waals surface area (Å²) in [4.78, 5) is 11.0. The summed E-state index contributed by atoms with van der Waals surface area (Å²) in [6.45, 7) is 2.25. The first-order chi connectivity index (χ1) is 7.15. The standard InChI is InChI=1S/C10H18O5/c1-3-10(5-4-9(12)13-2)14-7-8(6-11)15-10/h8,11H,3-7H2,1-2H3. The number of hydrogen-bond acceptors (Lipinski definition) is 5. The van der Waals surface area contributed by atoms with E-state index in [9.17, 15) is 4.79 Å². The molecule has 0 aliphatic carbocycles. The lowest BCUT2D eigenvalue weighted by Gasteiger charge is -2.26. The SMILES string of the molecule is CCC1(CCC(=O)OC)OCC(CO)O1. The number of hydrogen-bond donors (Lipinski definition) is 1. The Labute approximate surface area is 89.3 Å². The van der Waals surface area contributed by atoms with Gasteiger partial charge in [0.2, 0.25) is 0 Å². The van der Waals surface area contributed by atoms with Crippen molar-refractivity contribution < 1.29 is 24.1 Å². The van der Waals surface area contributed by atoms with Crippen molar-refractivity contribution in [3.8, 4) is 0 Å². The number of methoxy groups -OCH3 is 1. The van der Waals surface area contributed by atoms with Gasteiger partial charge in [0.25, 0.3) is 0 Å². The maximum absolute atomic E-state index is 11.0. The third kappa shape index (κ3) is 3.15. The molecule has 1 heterocycles. The van der Waals surface area contributed by atoms with E-state index < -0.39 is 5.79 Å². The van der Waals surface area contributed by atoms with Gasteiger partial charge in [-0.3, -0.25) is 4.79 Å². The first-order valence-electron chi connectivity index (χ1n) is 5.15. The van der Waals surface area contributed by atoms with Gasteiger partial charge >= 0.3 is 5.97 Å². The molecule has 1 aliphatic heterocycles. The summed E-state index contributed by atoms with van der Waals surface area (Å²) < 4.78 is 15.6. The van der Waals surface area contributed by atoms with Crippen molar-refractivity contribution in [3.05, 3.63) is 0 Å². The molecule has 1 rings (SSSR count). The van der Waals surface area contributed by atoms with Gasteiger partial charge in [0.05, 0.1) is 26.7 Å². The third-order valence-corrected chi connectivity index (χ3v) is 2.59. The van der Waals surface area contributed by atoms with E-state index in [4.69, 9.17) is 14.6 Å². The van der Waals surface area contributed by atoms with Crippen LogP contribution in [0.3, 0.4) is 0 Å². The second-order valence-corrected chi connectivity index (χ2v) is 3.57. The average Bonchev–Trinajstić information content (AvgIpc) is 2.70. The Bertz CT molecular complexity index is 218. The summed E-state index contributed by atoms with van der Waals surface area (Å²) in [5.74, 6) is -0.996. The monoisotopic (exact) mass is 218 g/mol. The number of aliphatic hydroxyl groups is 1. The summed E-state index contributed by atoms with van der Waals surface area (Å²) in [7, 11) is 1.36. The molecule has 5 heteroatoms. The number of rotatable bonds is 5. The van der Waals surface area contributed by atoms with Crippen molar-refractivity contribution in [1.82, 2.24) is 0 Å². The quantitative estimate of drug-likeness (QED) is 0.679. The molecule has 0 aromatic carbocycles. The normalized spacial score (nSPS) is 30.5. The number of esters is 1. The zero-order chi connectivity index (χ0) is 11.3. The zero-order valence-corrected chi connectivity index (χ0v) is 9.19. The molecule has 0 bridgehead atoms. The highest BCUT2D eigenvalue weighted by Gasteiger charge is 2.39. The van der Waals surface area contributed by atoms with E-state index in [0.29, 0.717) is 19.4 Å². The minimum Gasteiger partial charge on any atom is -0.469 e. The van der Waals surface area contributed by atoms with Crippen LogP contribution >= 0.6 is 0 Å². The topological polar surface area (TPSA) is 65.0 Å². The van der Waals surface area contributed by atoms with Crippen LogP contribution in [0.2, 0.25) is 0 Å². The van der Waals surface area contributed by atoms with Gasteiger partial charge < -0.3 is 19.3 Å². The Morgan fingerprint density at radius 1 is 1.67 bits per heavy atom. The van der Waals surface area contributed by atoms with Crippen LogP contribution in [0.1, 0.15) is 26.2 Å². The second-order valence-electron chi connectivity index (χ2n) is 3.57. The molecule has 0 saturated carbocycles. The zero-order valence-electron chi connectivity index (χ0n) is 9.19. The molecule has 88 valence electrons. The summed E-state index contributed by atoms with van der Waals surface area (Å²) in [6, 6.07) is 0. The van der Waals surface area contributed by atoms with Gasteiger partial charge in [0.15, 0.2) is 5.79 Å². The van der Waals surface area contributed by atoms with E-state index >= 15 is 0 Å². The van der Waals surface area contributed by atoms with Crippen molar-refractivity contribution >= 4 is 5.97 Å². The molecule has 5 nitrogen and oxygen atoms in total. The minimum absolute atomic E-state index is 0.0556. The van der Waals surface area contributed by atoms with Gasteiger partial charge in [-0.1, -0.05) is 6.92 Å². The molecule has 0 amide bonds. The van der Waals surface area contributed by atoms with Crippen molar-refractivity contribution in [2.24, 2.45) is 0 Å². The predicted octanol–water partition coefficient (Wildman–Crippen LogP) is 0.454. The molecular weight excluding hydrogens is 200 g/mol. The highest BCUT2D eigenvalue weighted by Crippen LogP contribution is 2.31. The summed E-state index contributed by atoms with van der Waals surface area (Å²) in [5.41, 5.74) is 0.